The molecule has 0 fully saturated rings. The Hall–Kier alpha value is -5.04. The molecule has 0 atom stereocenters. The van der Waals surface area contributed by atoms with Gasteiger partial charge in [-0.1, -0.05) is 88.4 Å². The Morgan fingerprint density at radius 1 is 0.690 bits per heavy atom. The van der Waals surface area contributed by atoms with Crippen molar-refractivity contribution < 1.29 is 5.11 Å². The van der Waals surface area contributed by atoms with Crippen molar-refractivity contribution in [3.8, 4) is 51.0 Å². The zero-order valence-corrected chi connectivity index (χ0v) is 24.5. The number of para-hydroxylation sites is 2. The fraction of sp³-hybridized carbons (Fsp3) is 0.200. The van der Waals surface area contributed by atoms with Crippen molar-refractivity contribution in [3.63, 3.8) is 0 Å². The molecule has 7 heteroatoms. The topological polar surface area (TPSA) is 81.7 Å². The number of benzene rings is 4. The van der Waals surface area contributed by atoms with E-state index in [9.17, 15) is 5.11 Å². The van der Waals surface area contributed by atoms with E-state index in [1.54, 1.807) is 16.8 Å². The number of phenolic OH excluding ortho intramolecular Hbond substituents is 1. The third-order valence-electron chi connectivity index (χ3n) is 7.57. The number of aryl methyl sites for hydroxylation is 1. The molecule has 6 rings (SSSR count). The molecule has 6 aromatic rings. The average molecular weight is 555 g/mol. The Labute approximate surface area is 246 Å². The lowest BCUT2D eigenvalue weighted by atomic mass is 9.88. The number of phenols is 1. The van der Waals surface area contributed by atoms with Gasteiger partial charge in [0, 0.05) is 11.1 Å². The maximum atomic E-state index is 10.4. The summed E-state index contributed by atoms with van der Waals surface area (Å²) in [5, 5.41) is 24.1. The molecule has 0 bridgehead atoms. The summed E-state index contributed by atoms with van der Waals surface area (Å²) in [7, 11) is 0. The highest BCUT2D eigenvalue weighted by atomic mass is 16.3. The summed E-state index contributed by atoms with van der Waals surface area (Å²) < 4.78 is 3.79. The minimum Gasteiger partial charge on any atom is -0.506 e. The summed E-state index contributed by atoms with van der Waals surface area (Å²) in [6.45, 7) is 10.8. The summed E-state index contributed by atoms with van der Waals surface area (Å²) in [6.07, 6.45) is 1.81. The van der Waals surface area contributed by atoms with E-state index in [0.717, 1.165) is 22.6 Å². The largest absolute Gasteiger partial charge is 0.506 e. The zero-order chi connectivity index (χ0) is 29.4. The van der Waals surface area contributed by atoms with Crippen molar-refractivity contribution in [1.82, 2.24) is 29.5 Å². The van der Waals surface area contributed by atoms with Gasteiger partial charge in [-0.2, -0.15) is 0 Å². The molecule has 0 aliphatic heterocycles. The van der Waals surface area contributed by atoms with E-state index in [1.807, 2.05) is 49.6 Å². The van der Waals surface area contributed by atoms with Gasteiger partial charge in [-0.15, -0.1) is 15.3 Å². The first-order valence-corrected chi connectivity index (χ1v) is 14.3. The van der Waals surface area contributed by atoms with Gasteiger partial charge < -0.3 is 5.11 Å². The lowest BCUT2D eigenvalue weighted by Crippen LogP contribution is -2.08. The molecule has 42 heavy (non-hydrogen) atoms. The Kier molecular flexibility index (Phi) is 7.17. The van der Waals surface area contributed by atoms with Crippen molar-refractivity contribution in [3.05, 3.63) is 114 Å². The fourth-order valence-corrected chi connectivity index (χ4v) is 5.41. The predicted molar refractivity (Wildman–Crippen MR) is 167 cm³/mol. The highest BCUT2D eigenvalue weighted by Gasteiger charge is 2.22. The lowest BCUT2D eigenvalue weighted by molar-refractivity contribution is 0.470. The molecule has 0 aliphatic rings. The summed E-state index contributed by atoms with van der Waals surface area (Å²) in [6, 6.07) is 30.3. The molecular formula is C35H34N6O. The molecule has 0 spiro atoms. The molecule has 0 amide bonds. The summed E-state index contributed by atoms with van der Waals surface area (Å²) >= 11 is 0. The van der Waals surface area contributed by atoms with Gasteiger partial charge >= 0.3 is 0 Å². The van der Waals surface area contributed by atoms with Crippen LogP contribution < -0.4 is 0 Å². The highest BCUT2D eigenvalue weighted by molar-refractivity contribution is 5.72. The van der Waals surface area contributed by atoms with Gasteiger partial charge in [0.2, 0.25) is 0 Å². The summed E-state index contributed by atoms with van der Waals surface area (Å²) in [5.41, 5.74) is 8.39. The van der Waals surface area contributed by atoms with Crippen LogP contribution in [0.5, 0.6) is 5.75 Å². The van der Waals surface area contributed by atoms with Gasteiger partial charge in [-0.25, -0.2) is 9.67 Å². The van der Waals surface area contributed by atoms with Crippen LogP contribution in [0.15, 0.2) is 97.3 Å². The van der Waals surface area contributed by atoms with E-state index in [0.29, 0.717) is 17.3 Å². The summed E-state index contributed by atoms with van der Waals surface area (Å²) in [5.74, 6) is 2.73. The molecule has 2 aromatic heterocycles. The van der Waals surface area contributed by atoms with Gasteiger partial charge in [0.25, 0.3) is 0 Å². The van der Waals surface area contributed by atoms with Crippen molar-refractivity contribution in [2.75, 3.05) is 0 Å². The quantitative estimate of drug-likeness (QED) is 0.216. The maximum Gasteiger partial charge on any atom is 0.181 e. The number of hydrogen-bond acceptors (Lipinski definition) is 5. The molecule has 0 radical (unpaired) electrons. The van der Waals surface area contributed by atoms with E-state index in [4.69, 9.17) is 10.1 Å². The first-order valence-electron chi connectivity index (χ1n) is 14.3. The molecule has 0 aliphatic carbocycles. The van der Waals surface area contributed by atoms with E-state index < -0.39 is 0 Å². The van der Waals surface area contributed by atoms with Crippen LogP contribution in [0, 0.1) is 6.92 Å². The normalized spacial score (nSPS) is 11.5. The fourth-order valence-electron chi connectivity index (χ4n) is 5.41. The molecule has 0 saturated heterocycles. The maximum absolute atomic E-state index is 10.4. The van der Waals surface area contributed by atoms with Crippen LogP contribution in [0.3, 0.4) is 0 Å². The van der Waals surface area contributed by atoms with E-state index in [-0.39, 0.29) is 17.6 Å². The third-order valence-corrected chi connectivity index (χ3v) is 7.57. The van der Waals surface area contributed by atoms with Crippen LogP contribution in [0.1, 0.15) is 56.5 Å². The molecule has 7 nitrogen and oxygen atoms in total. The Morgan fingerprint density at radius 2 is 1.33 bits per heavy atom. The van der Waals surface area contributed by atoms with Crippen LogP contribution in [0.25, 0.3) is 45.3 Å². The van der Waals surface area contributed by atoms with Crippen LogP contribution in [-0.4, -0.2) is 34.6 Å². The standard InChI is InChI=1S/C35H34N6O/c1-22(2)29-19-28(25-12-7-6-8-13-25)20-30(23(3)4)33(29)40-21-36-38-35(40)27-15-11-14-26(18-27)34-37-24(5)41(39-34)31-16-9-10-17-32(31)42/h6-23,42H,1-5H3. The monoisotopic (exact) mass is 554 g/mol. The SMILES string of the molecule is Cc1nc(-c2cccc(-c3nncn3-c3c(C(C)C)cc(-c4ccccc4)cc3C(C)C)c2)nn1-c1ccccc1O. The van der Waals surface area contributed by atoms with Gasteiger partial charge in [0.1, 0.15) is 23.6 Å². The smallest absolute Gasteiger partial charge is 0.181 e. The summed E-state index contributed by atoms with van der Waals surface area (Å²) in [4.78, 5) is 4.71. The number of aromatic nitrogens is 6. The van der Waals surface area contributed by atoms with Crippen LogP contribution in [0.2, 0.25) is 0 Å². The number of nitrogens with zero attached hydrogens (tertiary/aromatic N) is 6. The zero-order valence-electron chi connectivity index (χ0n) is 24.5. The van der Waals surface area contributed by atoms with Gasteiger partial charge in [0.15, 0.2) is 11.6 Å². The molecular weight excluding hydrogens is 520 g/mol. The molecule has 2 heterocycles. The molecule has 210 valence electrons. The van der Waals surface area contributed by atoms with E-state index in [2.05, 4.69) is 84.9 Å². The Balaban J connectivity index is 1.46. The van der Waals surface area contributed by atoms with E-state index in [1.165, 1.54) is 22.3 Å². The predicted octanol–water partition coefficient (Wildman–Crippen LogP) is 8.11. The highest BCUT2D eigenvalue weighted by Crippen LogP contribution is 2.38. The van der Waals surface area contributed by atoms with Crippen LogP contribution in [0.4, 0.5) is 0 Å². The molecule has 0 saturated carbocycles. The second-order valence-corrected chi connectivity index (χ2v) is 11.2. The van der Waals surface area contributed by atoms with Crippen molar-refractivity contribution in [2.24, 2.45) is 0 Å². The Bertz CT molecular complexity index is 1840. The van der Waals surface area contributed by atoms with Crippen molar-refractivity contribution in [1.29, 1.82) is 0 Å². The molecule has 4 aromatic carbocycles. The van der Waals surface area contributed by atoms with Crippen LogP contribution >= 0.6 is 0 Å². The second kappa shape index (κ2) is 11.1. The first-order chi connectivity index (χ1) is 20.3. The van der Waals surface area contributed by atoms with Crippen molar-refractivity contribution in [2.45, 2.75) is 46.5 Å². The van der Waals surface area contributed by atoms with Gasteiger partial charge in [-0.05, 0) is 71.3 Å². The van der Waals surface area contributed by atoms with Crippen LogP contribution in [-0.2, 0) is 0 Å². The second-order valence-electron chi connectivity index (χ2n) is 11.2. The minimum atomic E-state index is 0.152. The molecule has 0 unspecified atom stereocenters. The van der Waals surface area contributed by atoms with E-state index >= 15 is 0 Å². The third kappa shape index (κ3) is 4.98. The lowest BCUT2D eigenvalue weighted by Gasteiger charge is -2.23. The minimum absolute atomic E-state index is 0.152. The first kappa shape index (κ1) is 27.1. The Morgan fingerprint density at radius 3 is 2.02 bits per heavy atom. The average Bonchev–Trinajstić information content (AvgIpc) is 3.64. The number of hydrogen-bond donors (Lipinski definition) is 1. The van der Waals surface area contributed by atoms with Crippen molar-refractivity contribution >= 4 is 0 Å². The molecule has 1 N–H and O–H groups in total. The van der Waals surface area contributed by atoms with Gasteiger partial charge in [0.05, 0.1) is 5.69 Å². The number of rotatable bonds is 7. The van der Waals surface area contributed by atoms with Gasteiger partial charge in [-0.3, -0.25) is 4.57 Å². The number of aromatic hydroxyl groups is 1.